The molecule has 2 aromatic carbocycles. The van der Waals surface area contributed by atoms with Crippen LogP contribution >= 0.6 is 0 Å². The molecule has 3 aliphatic rings. The normalized spacial score (nSPS) is 21.8. The molecule has 50 heavy (non-hydrogen) atoms. The first kappa shape index (κ1) is 31.9. The van der Waals surface area contributed by atoms with Gasteiger partial charge in [0.15, 0.2) is 0 Å². The van der Waals surface area contributed by atoms with E-state index < -0.39 is 23.8 Å². The number of likely N-dealkylation sites (tertiary alicyclic amines) is 1. The van der Waals surface area contributed by atoms with E-state index in [0.717, 1.165) is 5.52 Å². The SMILES string of the molecule is CO[C@H]1CN(C)C(=O)[C@@H]2C[C@@H](CN2C(=O)c2cnn3c2C[C@@H](C)Oc2cc(F)ccc2-3)Nc2cccc(n2)-c2cc(F)cc3nc(C)n(c23)C1. The molecule has 12 nitrogen and oxygen atoms in total. The lowest BCUT2D eigenvalue weighted by Crippen LogP contribution is -2.49. The molecule has 0 saturated carbocycles. The Morgan fingerprint density at radius 1 is 1.06 bits per heavy atom. The smallest absolute Gasteiger partial charge is 0.258 e. The third kappa shape index (κ3) is 5.43. The highest BCUT2D eigenvalue weighted by molar-refractivity contribution is 5.99. The van der Waals surface area contributed by atoms with Crippen molar-refractivity contribution in [1.29, 1.82) is 0 Å². The van der Waals surface area contributed by atoms with E-state index in [-0.39, 0.29) is 37.0 Å². The zero-order valence-electron chi connectivity index (χ0n) is 28.1. The summed E-state index contributed by atoms with van der Waals surface area (Å²) in [6.45, 7) is 4.51. The third-order valence-electron chi connectivity index (χ3n) is 9.85. The summed E-state index contributed by atoms with van der Waals surface area (Å²) in [5.74, 6) is 0.109. The number of ether oxygens (including phenoxy) is 2. The highest BCUT2D eigenvalue weighted by atomic mass is 19.1. The van der Waals surface area contributed by atoms with Crippen LogP contribution in [-0.2, 0) is 22.5 Å². The number of carbonyl (C=O) groups is 2. The molecule has 0 spiro atoms. The molecule has 258 valence electrons. The van der Waals surface area contributed by atoms with Crippen LogP contribution in [0.5, 0.6) is 5.75 Å². The van der Waals surface area contributed by atoms with E-state index in [1.807, 2.05) is 36.6 Å². The number of anilines is 1. The molecule has 2 amide bonds. The Morgan fingerprint density at radius 3 is 2.72 bits per heavy atom. The number of aryl methyl sites for hydroxylation is 1. The van der Waals surface area contributed by atoms with E-state index in [4.69, 9.17) is 14.5 Å². The van der Waals surface area contributed by atoms with Crippen LogP contribution in [-0.4, -0.2) is 97.5 Å². The average Bonchev–Trinajstić information content (AvgIpc) is 3.75. The van der Waals surface area contributed by atoms with Crippen LogP contribution in [0.15, 0.2) is 54.7 Å². The lowest BCUT2D eigenvalue weighted by molar-refractivity contribution is -0.135. The van der Waals surface area contributed by atoms with E-state index in [2.05, 4.69) is 15.4 Å². The Kier molecular flexibility index (Phi) is 7.77. The van der Waals surface area contributed by atoms with Crippen LogP contribution < -0.4 is 10.1 Å². The first-order valence-corrected chi connectivity index (χ1v) is 16.6. The fourth-order valence-corrected chi connectivity index (χ4v) is 7.50. The molecule has 4 bridgehead atoms. The molecule has 1 fully saturated rings. The van der Waals surface area contributed by atoms with Crippen LogP contribution in [0.25, 0.3) is 28.0 Å². The first-order valence-electron chi connectivity index (χ1n) is 16.6. The predicted octanol–water partition coefficient (Wildman–Crippen LogP) is 4.38. The number of hydrogen-bond acceptors (Lipinski definition) is 8. The molecule has 1 N–H and O–H groups in total. The second-order valence-electron chi connectivity index (χ2n) is 13.3. The van der Waals surface area contributed by atoms with Gasteiger partial charge >= 0.3 is 0 Å². The number of nitrogens with zero attached hydrogens (tertiary/aromatic N) is 7. The van der Waals surface area contributed by atoms with Gasteiger partial charge in [-0.15, -0.1) is 0 Å². The summed E-state index contributed by atoms with van der Waals surface area (Å²) in [5, 5.41) is 7.98. The van der Waals surface area contributed by atoms with Gasteiger partial charge in [0.2, 0.25) is 5.91 Å². The van der Waals surface area contributed by atoms with Crippen molar-refractivity contribution in [2.45, 2.75) is 57.5 Å². The molecule has 8 rings (SSSR count). The maximum Gasteiger partial charge on any atom is 0.258 e. The summed E-state index contributed by atoms with van der Waals surface area (Å²) in [6, 6.07) is 11.5. The molecular formula is C36H36F2N8O4. The number of rotatable bonds is 2. The number of aromatic nitrogens is 5. The summed E-state index contributed by atoms with van der Waals surface area (Å²) in [7, 11) is 3.30. The van der Waals surface area contributed by atoms with Gasteiger partial charge in [-0.25, -0.2) is 23.4 Å². The number of methoxy groups -OCH3 is 1. The number of halogens is 2. The molecule has 0 aliphatic carbocycles. The largest absolute Gasteiger partial charge is 0.488 e. The summed E-state index contributed by atoms with van der Waals surface area (Å²) in [4.78, 5) is 41.5. The number of nitrogens with one attached hydrogen (secondary N) is 1. The third-order valence-corrected chi connectivity index (χ3v) is 9.85. The van der Waals surface area contributed by atoms with Crippen molar-refractivity contribution in [2.75, 3.05) is 32.6 Å². The second kappa shape index (κ2) is 12.2. The van der Waals surface area contributed by atoms with Crippen LogP contribution in [0.2, 0.25) is 0 Å². The monoisotopic (exact) mass is 682 g/mol. The minimum atomic E-state index is -0.791. The number of amides is 2. The van der Waals surface area contributed by atoms with Crippen LogP contribution in [0, 0.1) is 18.6 Å². The first-order chi connectivity index (χ1) is 24.1. The van der Waals surface area contributed by atoms with E-state index >= 15 is 0 Å². The van der Waals surface area contributed by atoms with Gasteiger partial charge in [0.05, 0.1) is 46.8 Å². The van der Waals surface area contributed by atoms with Gasteiger partial charge in [-0.1, -0.05) is 6.07 Å². The van der Waals surface area contributed by atoms with E-state index in [1.54, 1.807) is 34.7 Å². The Morgan fingerprint density at radius 2 is 1.90 bits per heavy atom. The Labute approximate surface area is 286 Å². The van der Waals surface area contributed by atoms with Crippen LogP contribution in [0.3, 0.4) is 0 Å². The van der Waals surface area contributed by atoms with Crippen molar-refractivity contribution in [2.24, 2.45) is 0 Å². The zero-order valence-corrected chi connectivity index (χ0v) is 28.1. The fourth-order valence-electron chi connectivity index (χ4n) is 7.50. The lowest BCUT2D eigenvalue weighted by Gasteiger charge is -2.30. The molecule has 4 atom stereocenters. The topological polar surface area (TPSA) is 120 Å². The minimum Gasteiger partial charge on any atom is -0.488 e. The van der Waals surface area contributed by atoms with Gasteiger partial charge in [-0.3, -0.25) is 9.59 Å². The van der Waals surface area contributed by atoms with Crippen molar-refractivity contribution in [1.82, 2.24) is 34.1 Å². The van der Waals surface area contributed by atoms with Gasteiger partial charge in [0.1, 0.15) is 46.9 Å². The fraction of sp³-hybridized carbons (Fsp3) is 0.361. The van der Waals surface area contributed by atoms with Gasteiger partial charge in [-0.05, 0) is 50.6 Å². The van der Waals surface area contributed by atoms with Crippen LogP contribution in [0.1, 0.15) is 35.2 Å². The quantitative estimate of drug-likeness (QED) is 0.292. The predicted molar refractivity (Wildman–Crippen MR) is 180 cm³/mol. The van der Waals surface area contributed by atoms with Crippen molar-refractivity contribution < 1.29 is 27.8 Å². The molecule has 1 saturated heterocycles. The standard InChI is InChI=1S/C36H36F2N8O4/c1-19-10-30-26(15-39-46(30)29-9-8-21(37)13-32(29)50-19)35(47)45-16-23-14-31(45)36(48)43(3)17-24(49-4)18-44-20(2)40-28-12-22(38)11-25(34(28)44)27-6-5-7-33(41-23)42-27/h5-9,11-13,15,19,23-24,31H,10,14,16-18H2,1-4H3,(H,41,42)/t19-,23+,24+,31+/m1/s1. The van der Waals surface area contributed by atoms with Crippen molar-refractivity contribution >= 4 is 28.7 Å². The molecule has 0 unspecified atom stereocenters. The summed E-state index contributed by atoms with van der Waals surface area (Å²) >= 11 is 0. The van der Waals surface area contributed by atoms with Gasteiger partial charge in [0, 0.05) is 57.4 Å². The summed E-state index contributed by atoms with van der Waals surface area (Å²) < 4.78 is 44.5. The molecule has 14 heteroatoms. The number of benzene rings is 2. The van der Waals surface area contributed by atoms with Crippen molar-refractivity contribution in [3.05, 3.63) is 83.4 Å². The Bertz CT molecular complexity index is 2170. The van der Waals surface area contributed by atoms with E-state index in [9.17, 15) is 18.4 Å². The maximum atomic E-state index is 14.9. The van der Waals surface area contributed by atoms with Crippen molar-refractivity contribution in [3.63, 3.8) is 0 Å². The minimum absolute atomic E-state index is 0.220. The summed E-state index contributed by atoms with van der Waals surface area (Å²) in [5.41, 5.74) is 3.87. The van der Waals surface area contributed by atoms with Gasteiger partial charge in [-0.2, -0.15) is 5.10 Å². The molecule has 3 aromatic heterocycles. The number of hydrogen-bond donors (Lipinski definition) is 1. The number of carbonyl (C=O) groups excluding carboxylic acids is 2. The molecule has 3 aliphatic heterocycles. The maximum absolute atomic E-state index is 14.9. The Hall–Kier alpha value is -5.37. The zero-order chi connectivity index (χ0) is 34.8. The molecule has 6 heterocycles. The van der Waals surface area contributed by atoms with Gasteiger partial charge in [0.25, 0.3) is 5.91 Å². The van der Waals surface area contributed by atoms with E-state index in [0.29, 0.717) is 70.5 Å². The summed E-state index contributed by atoms with van der Waals surface area (Å²) in [6.07, 6.45) is 1.38. The Balaban J connectivity index is 1.19. The highest BCUT2D eigenvalue weighted by Gasteiger charge is 2.43. The molecular weight excluding hydrogens is 646 g/mol. The van der Waals surface area contributed by atoms with Crippen molar-refractivity contribution in [3.8, 4) is 22.7 Å². The van der Waals surface area contributed by atoms with Crippen LogP contribution in [0.4, 0.5) is 14.6 Å². The highest BCUT2D eigenvalue weighted by Crippen LogP contribution is 2.34. The number of imidazole rings is 1. The second-order valence-corrected chi connectivity index (χ2v) is 13.3. The number of likely N-dealkylation sites (N-methyl/N-ethyl adjacent to an activating group) is 1. The molecule has 0 radical (unpaired) electrons. The van der Waals surface area contributed by atoms with E-state index in [1.165, 1.54) is 30.5 Å². The lowest BCUT2D eigenvalue weighted by atomic mass is 10.1. The number of fused-ring (bicyclic) bond motifs is 8. The molecule has 5 aromatic rings. The number of pyridine rings is 1. The van der Waals surface area contributed by atoms with Gasteiger partial charge < -0.3 is 29.2 Å². The average molecular weight is 683 g/mol.